The zero-order chi connectivity index (χ0) is 18.2. The van der Waals surface area contributed by atoms with E-state index in [2.05, 4.69) is 30.9 Å². The number of aromatic nitrogens is 5. The van der Waals surface area contributed by atoms with Crippen LogP contribution in [0.25, 0.3) is 22.5 Å². The van der Waals surface area contributed by atoms with Gasteiger partial charge in [0.15, 0.2) is 0 Å². The Morgan fingerprint density at radius 1 is 0.963 bits per heavy atom. The summed E-state index contributed by atoms with van der Waals surface area (Å²) in [6.45, 7) is 0. The molecule has 138 valence electrons. The number of piperidine rings is 1. The quantitative estimate of drug-likeness (QED) is 0.652. The molecule has 8 nitrogen and oxygen atoms in total. The van der Waals surface area contributed by atoms with Crippen LogP contribution in [0.2, 0.25) is 0 Å². The first-order valence-electron chi connectivity index (χ1n) is 9.21. The molecule has 3 atom stereocenters. The fraction of sp³-hybridized carbons (Fsp3) is 0.368. The summed E-state index contributed by atoms with van der Waals surface area (Å²) in [6.07, 6.45) is 6.37. The van der Waals surface area contributed by atoms with E-state index in [0.717, 1.165) is 18.4 Å². The van der Waals surface area contributed by atoms with Crippen molar-refractivity contribution in [3.05, 3.63) is 36.5 Å². The minimum atomic E-state index is 0.119. The number of hydrogen-bond donors (Lipinski definition) is 3. The van der Waals surface area contributed by atoms with Crippen LogP contribution in [0.15, 0.2) is 36.5 Å². The van der Waals surface area contributed by atoms with Crippen molar-refractivity contribution in [1.29, 1.82) is 0 Å². The van der Waals surface area contributed by atoms with Crippen molar-refractivity contribution in [2.75, 3.05) is 0 Å². The Morgan fingerprint density at radius 3 is 2.48 bits per heavy atom. The van der Waals surface area contributed by atoms with E-state index in [9.17, 15) is 5.11 Å². The number of hydrogen-bond acceptors (Lipinski definition) is 7. The first-order valence-corrected chi connectivity index (χ1v) is 9.21. The maximum absolute atomic E-state index is 10.4. The monoisotopic (exact) mass is 364 g/mol. The highest BCUT2D eigenvalue weighted by Crippen LogP contribution is 2.32. The molecule has 5 rings (SSSR count). The zero-order valence-corrected chi connectivity index (χ0v) is 14.7. The summed E-state index contributed by atoms with van der Waals surface area (Å²) >= 11 is 0. The first kappa shape index (κ1) is 16.2. The minimum Gasteiger partial charge on any atom is -0.507 e. The van der Waals surface area contributed by atoms with E-state index in [1.807, 2.05) is 18.2 Å². The highest BCUT2D eigenvalue weighted by Gasteiger charge is 2.34. The van der Waals surface area contributed by atoms with E-state index in [-0.39, 0.29) is 11.9 Å². The maximum Gasteiger partial charge on any atom is 0.233 e. The molecule has 0 amide bonds. The number of phenols is 1. The summed E-state index contributed by atoms with van der Waals surface area (Å²) in [5, 5.41) is 32.7. The van der Waals surface area contributed by atoms with Crippen LogP contribution in [0, 0.1) is 0 Å². The van der Waals surface area contributed by atoms with E-state index in [1.165, 1.54) is 12.8 Å². The molecule has 8 heteroatoms. The third kappa shape index (κ3) is 3.23. The largest absolute Gasteiger partial charge is 0.507 e. The first-order chi connectivity index (χ1) is 13.2. The van der Waals surface area contributed by atoms with Crippen LogP contribution in [-0.4, -0.2) is 48.9 Å². The summed E-state index contributed by atoms with van der Waals surface area (Å²) in [4.78, 5) is 0. The highest BCUT2D eigenvalue weighted by molar-refractivity contribution is 5.72. The van der Waals surface area contributed by atoms with Gasteiger partial charge in [-0.2, -0.15) is 0 Å². The van der Waals surface area contributed by atoms with Crippen molar-refractivity contribution in [3.63, 3.8) is 0 Å². The third-order valence-corrected chi connectivity index (χ3v) is 5.34. The van der Waals surface area contributed by atoms with E-state index in [4.69, 9.17) is 4.74 Å². The van der Waals surface area contributed by atoms with Crippen molar-refractivity contribution in [3.8, 4) is 34.1 Å². The van der Waals surface area contributed by atoms with Gasteiger partial charge in [-0.1, -0.05) is 11.3 Å². The van der Waals surface area contributed by atoms with E-state index >= 15 is 0 Å². The molecule has 3 aromatic rings. The van der Waals surface area contributed by atoms with Crippen molar-refractivity contribution in [2.45, 2.75) is 43.9 Å². The van der Waals surface area contributed by atoms with Gasteiger partial charge in [-0.25, -0.2) is 0 Å². The molecule has 0 saturated carbocycles. The number of ether oxygens (including phenoxy) is 1. The van der Waals surface area contributed by atoms with Crippen LogP contribution in [0.4, 0.5) is 0 Å². The van der Waals surface area contributed by atoms with Gasteiger partial charge < -0.3 is 15.2 Å². The number of fused-ring (bicyclic) bond motifs is 2. The Morgan fingerprint density at radius 2 is 1.81 bits per heavy atom. The molecule has 1 aromatic carbocycles. The van der Waals surface area contributed by atoms with Gasteiger partial charge in [-0.3, -0.25) is 5.10 Å². The second-order valence-electron chi connectivity index (χ2n) is 7.20. The summed E-state index contributed by atoms with van der Waals surface area (Å²) in [5.74, 6) is 0.650. The molecule has 0 radical (unpaired) electrons. The molecule has 2 aliphatic rings. The van der Waals surface area contributed by atoms with Gasteiger partial charge >= 0.3 is 0 Å². The van der Waals surface area contributed by atoms with E-state index in [1.54, 1.807) is 18.3 Å². The second kappa shape index (κ2) is 6.62. The van der Waals surface area contributed by atoms with Crippen LogP contribution in [-0.2, 0) is 0 Å². The van der Waals surface area contributed by atoms with E-state index < -0.39 is 0 Å². The Labute approximate surface area is 156 Å². The number of aromatic hydroxyl groups is 1. The van der Waals surface area contributed by atoms with Crippen molar-refractivity contribution in [1.82, 2.24) is 30.9 Å². The van der Waals surface area contributed by atoms with Gasteiger partial charge in [-0.15, -0.1) is 15.3 Å². The Hall–Kier alpha value is -3.00. The maximum atomic E-state index is 10.4. The van der Waals surface area contributed by atoms with Gasteiger partial charge in [0.2, 0.25) is 5.88 Å². The molecule has 0 aliphatic carbocycles. The lowest BCUT2D eigenvalue weighted by atomic mass is 10.0. The van der Waals surface area contributed by atoms with Crippen molar-refractivity contribution in [2.24, 2.45) is 0 Å². The molecular weight excluding hydrogens is 344 g/mol. The van der Waals surface area contributed by atoms with Crippen LogP contribution in [0.1, 0.15) is 25.7 Å². The summed E-state index contributed by atoms with van der Waals surface area (Å²) in [7, 11) is 0. The predicted molar refractivity (Wildman–Crippen MR) is 98.1 cm³/mol. The number of benzene rings is 1. The molecule has 0 spiro atoms. The van der Waals surface area contributed by atoms with Gasteiger partial charge in [0, 0.05) is 35.5 Å². The fourth-order valence-corrected chi connectivity index (χ4v) is 4.05. The lowest BCUT2D eigenvalue weighted by Gasteiger charge is -2.28. The molecular formula is C19H20N6O2. The van der Waals surface area contributed by atoms with Gasteiger partial charge in [0.25, 0.3) is 0 Å². The van der Waals surface area contributed by atoms with Crippen molar-refractivity contribution >= 4 is 0 Å². The molecule has 2 fully saturated rings. The fourth-order valence-electron chi connectivity index (χ4n) is 4.05. The molecule has 0 unspecified atom stereocenters. The molecule has 4 heterocycles. The molecule has 2 bridgehead atoms. The lowest BCUT2D eigenvalue weighted by molar-refractivity contribution is 0.130. The summed E-state index contributed by atoms with van der Waals surface area (Å²) < 4.78 is 6.03. The average Bonchev–Trinajstić information content (AvgIpc) is 3.32. The number of rotatable bonds is 4. The number of phenolic OH excluding ortho intramolecular Hbond substituents is 1. The highest BCUT2D eigenvalue weighted by atomic mass is 16.5. The van der Waals surface area contributed by atoms with Gasteiger partial charge in [-0.05, 0) is 43.9 Å². The normalized spacial score (nSPS) is 24.1. The Bertz CT molecular complexity index is 916. The van der Waals surface area contributed by atoms with Crippen LogP contribution in [0.3, 0.4) is 0 Å². The molecule has 3 N–H and O–H groups in total. The molecule has 2 aromatic heterocycles. The van der Waals surface area contributed by atoms with E-state index in [0.29, 0.717) is 34.9 Å². The van der Waals surface area contributed by atoms with Gasteiger partial charge in [0.05, 0.1) is 5.69 Å². The topological polar surface area (TPSA) is 109 Å². The predicted octanol–water partition coefficient (Wildman–Crippen LogP) is 2.30. The van der Waals surface area contributed by atoms with Crippen molar-refractivity contribution < 1.29 is 9.84 Å². The molecule has 27 heavy (non-hydrogen) atoms. The van der Waals surface area contributed by atoms with Crippen LogP contribution in [0.5, 0.6) is 11.6 Å². The average molecular weight is 364 g/mol. The molecule has 2 aliphatic heterocycles. The minimum absolute atomic E-state index is 0.119. The lowest BCUT2D eigenvalue weighted by Crippen LogP contribution is -2.42. The number of nitrogens with zero attached hydrogens (tertiary/aromatic N) is 4. The Balaban J connectivity index is 1.31. The van der Waals surface area contributed by atoms with Gasteiger partial charge in [0.1, 0.15) is 17.5 Å². The second-order valence-corrected chi connectivity index (χ2v) is 7.20. The number of H-pyrrole nitrogens is 1. The third-order valence-electron chi connectivity index (χ3n) is 5.34. The number of aromatic amines is 1. The zero-order valence-electron chi connectivity index (χ0n) is 14.7. The summed E-state index contributed by atoms with van der Waals surface area (Å²) in [6, 6.07) is 10.1. The number of nitrogens with one attached hydrogen (secondary N) is 2. The van der Waals surface area contributed by atoms with Crippen LogP contribution < -0.4 is 10.1 Å². The Kier molecular flexibility index (Phi) is 3.97. The SMILES string of the molecule is Oc1cc(-c2c[nH]nn2)ccc1-c1ccc(O[C@@H]2C[C@H]3CC[C@@H](C2)N3)nn1. The smallest absolute Gasteiger partial charge is 0.233 e. The molecule has 2 saturated heterocycles. The van der Waals surface area contributed by atoms with Crippen LogP contribution >= 0.6 is 0 Å². The standard InChI is InChI=1S/C19H20N6O2/c26-18-7-11(17-10-20-25-23-17)1-4-15(18)16-5-6-19(24-22-16)27-14-8-12-2-3-13(9-14)21-12/h1,4-7,10,12-14,21,26H,2-3,8-9H2,(H,20,23,25)/t12-,13+,14-. The summed E-state index contributed by atoms with van der Waals surface area (Å²) in [5.41, 5.74) is 2.65.